The van der Waals surface area contributed by atoms with Crippen molar-refractivity contribution in [1.82, 2.24) is 4.98 Å². The summed E-state index contributed by atoms with van der Waals surface area (Å²) in [5.74, 6) is 3.95. The highest BCUT2D eigenvalue weighted by Crippen LogP contribution is 2.60. The van der Waals surface area contributed by atoms with E-state index in [1.54, 1.807) is 25.6 Å². The normalized spacial score (nSPS) is 28.5. The number of hydrogen-bond donors (Lipinski definition) is 1. The highest BCUT2D eigenvalue weighted by atomic mass is 32.1. The van der Waals surface area contributed by atoms with E-state index in [1.807, 2.05) is 18.2 Å². The molecule has 6 rings (SSSR count). The van der Waals surface area contributed by atoms with E-state index in [0.29, 0.717) is 0 Å². The number of thiazole rings is 1. The van der Waals surface area contributed by atoms with Gasteiger partial charge in [-0.3, -0.25) is 4.79 Å². The van der Waals surface area contributed by atoms with Gasteiger partial charge in [0.2, 0.25) is 5.91 Å². The van der Waals surface area contributed by atoms with Crippen LogP contribution in [0.3, 0.4) is 0 Å². The second-order valence-electron chi connectivity index (χ2n) is 9.79. The molecular formula is C25H32N2O3S. The molecule has 0 aliphatic heterocycles. The number of rotatable bonds is 7. The number of hydrogen-bond acceptors (Lipinski definition) is 5. The van der Waals surface area contributed by atoms with Crippen molar-refractivity contribution in [1.29, 1.82) is 0 Å². The summed E-state index contributed by atoms with van der Waals surface area (Å²) in [5, 5.41) is 3.97. The number of carbonyl (C=O) groups is 1. The fraction of sp³-hybridized carbons (Fsp3) is 0.600. The van der Waals surface area contributed by atoms with Gasteiger partial charge < -0.3 is 14.8 Å². The van der Waals surface area contributed by atoms with Crippen LogP contribution in [0.4, 0.5) is 5.13 Å². The molecule has 4 fully saturated rings. The number of methoxy groups -OCH3 is 2. The second-order valence-corrected chi connectivity index (χ2v) is 10.9. The maximum absolute atomic E-state index is 13.5. The van der Waals surface area contributed by atoms with Crippen LogP contribution in [0, 0.1) is 23.2 Å². The maximum atomic E-state index is 13.5. The van der Waals surface area contributed by atoms with E-state index >= 15 is 0 Å². The molecule has 4 aliphatic carbocycles. The van der Waals surface area contributed by atoms with Gasteiger partial charge in [-0.05, 0) is 74.8 Å². The molecule has 31 heavy (non-hydrogen) atoms. The molecule has 6 heteroatoms. The zero-order chi connectivity index (χ0) is 21.6. The lowest BCUT2D eigenvalue weighted by atomic mass is 9.49. The monoisotopic (exact) mass is 440 g/mol. The van der Waals surface area contributed by atoms with E-state index in [1.165, 1.54) is 24.1 Å². The smallest absolute Gasteiger partial charge is 0.232 e. The Morgan fingerprint density at radius 1 is 1.06 bits per heavy atom. The van der Waals surface area contributed by atoms with Crippen LogP contribution < -0.4 is 14.8 Å². The van der Waals surface area contributed by atoms with Crippen molar-refractivity contribution in [2.24, 2.45) is 23.2 Å². The molecule has 4 bridgehead atoms. The van der Waals surface area contributed by atoms with Gasteiger partial charge in [0.25, 0.3) is 0 Å². The minimum atomic E-state index is -0.162. The van der Waals surface area contributed by atoms with Crippen LogP contribution in [0.5, 0.6) is 11.5 Å². The van der Waals surface area contributed by atoms with Crippen molar-refractivity contribution in [2.75, 3.05) is 19.5 Å². The van der Waals surface area contributed by atoms with E-state index in [-0.39, 0.29) is 11.3 Å². The first-order valence-electron chi connectivity index (χ1n) is 11.6. The molecule has 0 saturated heterocycles. The molecule has 5 nitrogen and oxygen atoms in total. The zero-order valence-corrected chi connectivity index (χ0v) is 19.5. The molecule has 4 aliphatic rings. The summed E-state index contributed by atoms with van der Waals surface area (Å²) >= 11 is 1.61. The maximum Gasteiger partial charge on any atom is 0.232 e. The Labute approximate surface area is 188 Å². The number of anilines is 1. The topological polar surface area (TPSA) is 60.5 Å². The molecular weight excluding hydrogens is 408 g/mol. The number of nitrogens with zero attached hydrogens (tertiary/aromatic N) is 1. The van der Waals surface area contributed by atoms with E-state index < -0.39 is 0 Å². The third-order valence-corrected chi connectivity index (χ3v) is 8.57. The number of benzene rings is 1. The standard InChI is InChI=1S/C25H32N2O3S/c1-4-5-21-22(18-9-19(29-2)11-20(10-18)30-3)26-24(31-21)27-23(28)25-12-15-6-16(13-25)8-17(7-15)14-25/h9-11,15-17H,4-8,12-14H2,1-3H3,(H,26,27,28). The Hall–Kier alpha value is -2.08. The molecule has 0 atom stereocenters. The number of aryl methyl sites for hydroxylation is 1. The lowest BCUT2D eigenvalue weighted by Gasteiger charge is -2.55. The first-order chi connectivity index (χ1) is 15.0. The van der Waals surface area contributed by atoms with Gasteiger partial charge in [-0.1, -0.05) is 13.3 Å². The van der Waals surface area contributed by atoms with Crippen LogP contribution in [-0.4, -0.2) is 25.1 Å². The Bertz CT molecular complexity index is 926. The van der Waals surface area contributed by atoms with Crippen LogP contribution in [0.15, 0.2) is 18.2 Å². The number of carbonyl (C=O) groups excluding carboxylic acids is 1. The van der Waals surface area contributed by atoms with Crippen molar-refractivity contribution in [3.8, 4) is 22.8 Å². The van der Waals surface area contributed by atoms with E-state index in [9.17, 15) is 4.79 Å². The van der Waals surface area contributed by atoms with E-state index in [0.717, 1.165) is 77.7 Å². The number of aromatic nitrogens is 1. The molecule has 166 valence electrons. The Morgan fingerprint density at radius 3 is 2.16 bits per heavy atom. The molecule has 1 aromatic carbocycles. The summed E-state index contributed by atoms with van der Waals surface area (Å²) in [6, 6.07) is 5.84. The summed E-state index contributed by atoms with van der Waals surface area (Å²) in [5.41, 5.74) is 1.72. The molecule has 1 aromatic heterocycles. The quantitative estimate of drug-likeness (QED) is 0.579. The van der Waals surface area contributed by atoms with Crippen molar-refractivity contribution < 1.29 is 14.3 Å². The summed E-state index contributed by atoms with van der Waals surface area (Å²) in [7, 11) is 3.31. The minimum Gasteiger partial charge on any atom is -0.497 e. The fourth-order valence-electron chi connectivity index (χ4n) is 6.59. The van der Waals surface area contributed by atoms with Crippen LogP contribution >= 0.6 is 11.3 Å². The van der Waals surface area contributed by atoms with Gasteiger partial charge in [-0.2, -0.15) is 0 Å². The van der Waals surface area contributed by atoms with Gasteiger partial charge in [-0.25, -0.2) is 4.98 Å². The number of amides is 1. The number of nitrogens with one attached hydrogen (secondary N) is 1. The lowest BCUT2D eigenvalue weighted by molar-refractivity contribution is -0.140. The highest BCUT2D eigenvalue weighted by Gasteiger charge is 2.54. The van der Waals surface area contributed by atoms with Crippen LogP contribution in [0.2, 0.25) is 0 Å². The molecule has 2 aromatic rings. The average Bonchev–Trinajstić information content (AvgIpc) is 3.15. The van der Waals surface area contributed by atoms with Crippen molar-refractivity contribution in [3.63, 3.8) is 0 Å². The summed E-state index contributed by atoms with van der Waals surface area (Å²) in [4.78, 5) is 19.6. The summed E-state index contributed by atoms with van der Waals surface area (Å²) in [6.07, 6.45) is 9.18. The van der Waals surface area contributed by atoms with Crippen LogP contribution in [0.25, 0.3) is 11.3 Å². The van der Waals surface area contributed by atoms with Crippen molar-refractivity contribution >= 4 is 22.4 Å². The zero-order valence-electron chi connectivity index (χ0n) is 18.7. The molecule has 1 amide bonds. The minimum absolute atomic E-state index is 0.162. The first kappa shape index (κ1) is 20.8. The van der Waals surface area contributed by atoms with E-state index in [4.69, 9.17) is 14.5 Å². The Kier molecular flexibility index (Phi) is 5.45. The fourth-order valence-corrected chi connectivity index (χ4v) is 7.67. The van der Waals surface area contributed by atoms with Crippen molar-refractivity contribution in [2.45, 2.75) is 58.3 Å². The van der Waals surface area contributed by atoms with Crippen molar-refractivity contribution in [3.05, 3.63) is 23.1 Å². The molecule has 4 saturated carbocycles. The summed E-state index contributed by atoms with van der Waals surface area (Å²) in [6.45, 7) is 2.17. The van der Waals surface area contributed by atoms with Gasteiger partial charge in [-0.15, -0.1) is 11.3 Å². The largest absolute Gasteiger partial charge is 0.497 e. The van der Waals surface area contributed by atoms with Crippen LogP contribution in [0.1, 0.15) is 56.7 Å². The predicted molar refractivity (Wildman–Crippen MR) is 124 cm³/mol. The highest BCUT2D eigenvalue weighted by molar-refractivity contribution is 7.16. The van der Waals surface area contributed by atoms with Gasteiger partial charge in [0.05, 0.1) is 25.3 Å². The molecule has 1 heterocycles. The van der Waals surface area contributed by atoms with Gasteiger partial charge >= 0.3 is 0 Å². The number of ether oxygens (including phenoxy) is 2. The third-order valence-electron chi connectivity index (χ3n) is 7.54. The SMILES string of the molecule is CCCc1sc(NC(=O)C23CC4CC(CC(C4)C2)C3)nc1-c1cc(OC)cc(OC)c1. The lowest BCUT2D eigenvalue weighted by Crippen LogP contribution is -2.51. The second kappa shape index (κ2) is 8.12. The van der Waals surface area contributed by atoms with Gasteiger partial charge in [0.1, 0.15) is 11.5 Å². The predicted octanol–water partition coefficient (Wildman–Crippen LogP) is 5.93. The average molecular weight is 441 g/mol. The third kappa shape index (κ3) is 3.84. The van der Waals surface area contributed by atoms with Crippen LogP contribution in [-0.2, 0) is 11.2 Å². The molecule has 0 radical (unpaired) electrons. The molecule has 0 spiro atoms. The summed E-state index contributed by atoms with van der Waals surface area (Å²) < 4.78 is 10.9. The molecule has 0 unspecified atom stereocenters. The van der Waals surface area contributed by atoms with E-state index in [2.05, 4.69) is 12.2 Å². The molecule has 1 N–H and O–H groups in total. The Morgan fingerprint density at radius 2 is 1.65 bits per heavy atom. The first-order valence-corrected chi connectivity index (χ1v) is 12.4. The van der Waals surface area contributed by atoms with Gasteiger partial charge in [0, 0.05) is 16.5 Å². The van der Waals surface area contributed by atoms with Gasteiger partial charge in [0.15, 0.2) is 5.13 Å². The Balaban J connectivity index is 1.43.